The zero-order valence-corrected chi connectivity index (χ0v) is 14.8. The molecule has 0 saturated carbocycles. The number of unbranched alkanes of at least 4 members (excludes halogenated alkanes) is 2. The number of non-ortho nitro benzene ring substituents is 1. The number of nitrogens with zero attached hydrogens (tertiary/aromatic N) is 3. The second-order valence-corrected chi connectivity index (χ2v) is 5.98. The first kappa shape index (κ1) is 19.4. The van der Waals surface area contributed by atoms with E-state index < -0.39 is 21.2 Å². The van der Waals surface area contributed by atoms with E-state index >= 15 is 0 Å². The van der Waals surface area contributed by atoms with Crippen LogP contribution in [0.5, 0.6) is 0 Å². The van der Waals surface area contributed by atoms with Gasteiger partial charge in [-0.2, -0.15) is 0 Å². The summed E-state index contributed by atoms with van der Waals surface area (Å²) in [6.45, 7) is 5.01. The summed E-state index contributed by atoms with van der Waals surface area (Å²) in [6, 6.07) is 3.74. The summed E-state index contributed by atoms with van der Waals surface area (Å²) in [5.41, 5.74) is -1.74. The Balaban J connectivity index is 2.80. The Kier molecular flexibility index (Phi) is 6.26. The summed E-state index contributed by atoms with van der Waals surface area (Å²) in [5, 5.41) is 22.9. The standard InChI is InChI=1S/C17H21N3O6/c1-3-5-9-18(10-6-4-2)15-13-11-12(19(22)23)7-8-14(13)26-17(21)16(15)20(24)25/h7-8,11H,3-6,9-10H2,1-2H3. The normalized spacial score (nSPS) is 10.8. The van der Waals surface area contributed by atoms with Gasteiger partial charge in [0.15, 0.2) is 0 Å². The number of hydrogen-bond acceptors (Lipinski definition) is 7. The van der Waals surface area contributed by atoms with Crippen LogP contribution in [0.25, 0.3) is 11.0 Å². The first-order valence-corrected chi connectivity index (χ1v) is 8.55. The molecule has 2 rings (SSSR count). The fraction of sp³-hybridized carbons (Fsp3) is 0.471. The number of rotatable bonds is 9. The van der Waals surface area contributed by atoms with Crippen LogP contribution >= 0.6 is 0 Å². The van der Waals surface area contributed by atoms with Crippen LogP contribution in [0.1, 0.15) is 39.5 Å². The fourth-order valence-electron chi connectivity index (χ4n) is 2.79. The molecule has 140 valence electrons. The Bertz CT molecular complexity index is 869. The SMILES string of the molecule is CCCCN(CCCC)c1c([N+](=O)[O-])c(=O)oc2ccc([N+](=O)[O-])cc12. The third-order valence-corrected chi connectivity index (χ3v) is 4.11. The molecule has 0 aliphatic rings. The van der Waals surface area contributed by atoms with E-state index in [2.05, 4.69) is 0 Å². The van der Waals surface area contributed by atoms with Crippen LogP contribution in [0.2, 0.25) is 0 Å². The second kappa shape index (κ2) is 8.41. The lowest BCUT2D eigenvalue weighted by Crippen LogP contribution is -2.28. The van der Waals surface area contributed by atoms with Gasteiger partial charge < -0.3 is 9.32 Å². The van der Waals surface area contributed by atoms with Crippen molar-refractivity contribution in [2.75, 3.05) is 18.0 Å². The maximum atomic E-state index is 12.2. The Morgan fingerprint density at radius 3 is 2.15 bits per heavy atom. The van der Waals surface area contributed by atoms with Crippen LogP contribution in [0.3, 0.4) is 0 Å². The zero-order valence-electron chi connectivity index (χ0n) is 14.8. The molecule has 26 heavy (non-hydrogen) atoms. The fourth-order valence-corrected chi connectivity index (χ4v) is 2.79. The lowest BCUT2D eigenvalue weighted by Gasteiger charge is -2.25. The van der Waals surface area contributed by atoms with E-state index in [0.717, 1.165) is 25.7 Å². The number of nitro groups is 2. The number of nitro benzene ring substituents is 1. The maximum Gasteiger partial charge on any atom is 0.417 e. The molecular formula is C17H21N3O6. The summed E-state index contributed by atoms with van der Waals surface area (Å²) >= 11 is 0. The van der Waals surface area contributed by atoms with Crippen molar-refractivity contribution in [1.29, 1.82) is 0 Å². The predicted octanol–water partition coefficient (Wildman–Crippen LogP) is 4.02. The molecule has 0 unspecified atom stereocenters. The molecule has 0 aliphatic heterocycles. The highest BCUT2D eigenvalue weighted by Crippen LogP contribution is 2.35. The summed E-state index contributed by atoms with van der Waals surface area (Å²) in [7, 11) is 0. The van der Waals surface area contributed by atoms with Crippen LogP contribution in [0.15, 0.2) is 27.4 Å². The van der Waals surface area contributed by atoms with Crippen molar-refractivity contribution in [1.82, 2.24) is 0 Å². The third-order valence-electron chi connectivity index (χ3n) is 4.11. The summed E-state index contributed by atoms with van der Waals surface area (Å²) in [4.78, 5) is 35.3. The largest absolute Gasteiger partial charge is 0.418 e. The number of hydrogen-bond donors (Lipinski definition) is 0. The molecule has 0 spiro atoms. The van der Waals surface area contributed by atoms with Gasteiger partial charge in [-0.25, -0.2) is 4.79 Å². The van der Waals surface area contributed by atoms with E-state index in [1.54, 1.807) is 4.90 Å². The topological polar surface area (TPSA) is 120 Å². The molecule has 1 aromatic carbocycles. The van der Waals surface area contributed by atoms with Crippen LogP contribution < -0.4 is 10.5 Å². The van der Waals surface area contributed by atoms with Crippen LogP contribution in [0.4, 0.5) is 17.1 Å². The van der Waals surface area contributed by atoms with Gasteiger partial charge in [0.2, 0.25) is 0 Å². The molecule has 0 radical (unpaired) electrons. The van der Waals surface area contributed by atoms with E-state index in [0.29, 0.717) is 13.1 Å². The number of benzene rings is 1. The molecule has 1 aromatic heterocycles. The van der Waals surface area contributed by atoms with Gasteiger partial charge >= 0.3 is 11.3 Å². The van der Waals surface area contributed by atoms with E-state index in [1.807, 2.05) is 13.8 Å². The van der Waals surface area contributed by atoms with Gasteiger partial charge in [0.05, 0.1) is 15.2 Å². The third kappa shape index (κ3) is 3.98. The highest BCUT2D eigenvalue weighted by Gasteiger charge is 2.29. The van der Waals surface area contributed by atoms with Gasteiger partial charge in [0.1, 0.15) is 11.3 Å². The van der Waals surface area contributed by atoms with Crippen molar-refractivity contribution in [3.8, 4) is 0 Å². The molecular weight excluding hydrogens is 342 g/mol. The molecule has 9 heteroatoms. The van der Waals surface area contributed by atoms with Crippen molar-refractivity contribution in [3.63, 3.8) is 0 Å². The van der Waals surface area contributed by atoms with Gasteiger partial charge in [0, 0.05) is 25.2 Å². The first-order valence-electron chi connectivity index (χ1n) is 8.55. The summed E-state index contributed by atoms with van der Waals surface area (Å²) < 4.78 is 5.04. The van der Waals surface area contributed by atoms with Gasteiger partial charge in [-0.3, -0.25) is 20.2 Å². The second-order valence-electron chi connectivity index (χ2n) is 5.98. The Labute approximate surface area is 149 Å². The van der Waals surface area contributed by atoms with Gasteiger partial charge in [-0.15, -0.1) is 0 Å². The molecule has 0 fully saturated rings. The van der Waals surface area contributed by atoms with Crippen LogP contribution in [-0.4, -0.2) is 22.9 Å². The molecule has 0 bridgehead atoms. The maximum absolute atomic E-state index is 12.2. The Hall–Kier alpha value is -2.97. The quantitative estimate of drug-likeness (QED) is 0.375. The molecule has 0 amide bonds. The molecule has 1 heterocycles. The monoisotopic (exact) mass is 363 g/mol. The minimum absolute atomic E-state index is 0.0965. The molecule has 2 aromatic rings. The molecule has 0 saturated heterocycles. The average Bonchev–Trinajstić information content (AvgIpc) is 2.60. The van der Waals surface area contributed by atoms with Gasteiger partial charge in [-0.05, 0) is 18.9 Å². The van der Waals surface area contributed by atoms with E-state index in [1.165, 1.54) is 18.2 Å². The Morgan fingerprint density at radius 2 is 1.65 bits per heavy atom. The molecule has 0 N–H and O–H groups in total. The smallest absolute Gasteiger partial charge is 0.417 e. The minimum Gasteiger partial charge on any atom is -0.418 e. The lowest BCUT2D eigenvalue weighted by molar-refractivity contribution is -0.386. The molecule has 0 aliphatic carbocycles. The molecule has 0 atom stereocenters. The van der Waals surface area contributed by atoms with E-state index in [4.69, 9.17) is 4.42 Å². The van der Waals surface area contributed by atoms with Gasteiger partial charge in [-0.1, -0.05) is 26.7 Å². The van der Waals surface area contributed by atoms with E-state index in [-0.39, 0.29) is 22.3 Å². The van der Waals surface area contributed by atoms with Crippen molar-refractivity contribution in [2.24, 2.45) is 0 Å². The number of anilines is 1. The van der Waals surface area contributed by atoms with Crippen LogP contribution in [0, 0.1) is 20.2 Å². The molecule has 9 nitrogen and oxygen atoms in total. The highest BCUT2D eigenvalue weighted by atomic mass is 16.6. The van der Waals surface area contributed by atoms with Crippen molar-refractivity contribution < 1.29 is 14.3 Å². The minimum atomic E-state index is -1.05. The van der Waals surface area contributed by atoms with Crippen molar-refractivity contribution in [3.05, 3.63) is 48.8 Å². The highest BCUT2D eigenvalue weighted by molar-refractivity contribution is 5.96. The van der Waals surface area contributed by atoms with Crippen molar-refractivity contribution >= 4 is 28.0 Å². The first-order chi connectivity index (χ1) is 12.4. The number of fused-ring (bicyclic) bond motifs is 1. The van der Waals surface area contributed by atoms with Crippen molar-refractivity contribution in [2.45, 2.75) is 39.5 Å². The zero-order chi connectivity index (χ0) is 19.3. The van der Waals surface area contributed by atoms with E-state index in [9.17, 15) is 25.0 Å². The Morgan fingerprint density at radius 1 is 1.04 bits per heavy atom. The summed E-state index contributed by atoms with van der Waals surface area (Å²) in [5.74, 6) is 0. The summed E-state index contributed by atoms with van der Waals surface area (Å²) in [6.07, 6.45) is 3.29. The lowest BCUT2D eigenvalue weighted by atomic mass is 10.1. The van der Waals surface area contributed by atoms with Crippen LogP contribution in [-0.2, 0) is 0 Å². The average molecular weight is 363 g/mol. The van der Waals surface area contributed by atoms with Gasteiger partial charge in [0.25, 0.3) is 5.69 Å². The predicted molar refractivity (Wildman–Crippen MR) is 97.8 cm³/mol.